The topological polar surface area (TPSA) is 60.9 Å². The first kappa shape index (κ1) is 25.8. The number of methoxy groups -OCH3 is 1. The van der Waals surface area contributed by atoms with E-state index in [-0.39, 0.29) is 41.7 Å². The number of benzene rings is 1. The molecule has 4 bridgehead atoms. The van der Waals surface area contributed by atoms with E-state index >= 15 is 0 Å². The van der Waals surface area contributed by atoms with Crippen molar-refractivity contribution in [1.82, 2.24) is 9.88 Å². The van der Waals surface area contributed by atoms with E-state index in [4.69, 9.17) is 14.2 Å². The Balaban J connectivity index is 1.27. The highest BCUT2D eigenvalue weighted by Crippen LogP contribution is 2.63. The summed E-state index contributed by atoms with van der Waals surface area (Å²) in [6.07, 6.45) is 9.37. The third-order valence-corrected chi connectivity index (χ3v) is 10.6. The maximum Gasteiger partial charge on any atom is 0.332 e. The molecule has 5 aliphatic rings. The smallest absolute Gasteiger partial charge is 0.332 e. The summed E-state index contributed by atoms with van der Waals surface area (Å²) < 4.78 is 18.4. The van der Waals surface area contributed by atoms with E-state index in [1.165, 1.54) is 12.8 Å². The van der Waals surface area contributed by atoms with Crippen molar-refractivity contribution in [3.8, 4) is 5.75 Å². The van der Waals surface area contributed by atoms with Crippen LogP contribution in [0.5, 0.6) is 5.75 Å². The number of carbonyl (C=O) groups is 1. The van der Waals surface area contributed by atoms with Crippen LogP contribution in [0.25, 0.3) is 10.9 Å². The minimum atomic E-state index is -0.266. The maximum atomic E-state index is 13.3. The Morgan fingerprint density at radius 1 is 1.26 bits per heavy atom. The first-order chi connectivity index (χ1) is 18.2. The number of ether oxygens (including phenoxy) is 3. The first-order valence-electron chi connectivity index (χ1n) is 14.3. The molecule has 7 rings (SSSR count). The predicted octanol–water partition coefficient (Wildman–Crippen LogP) is 5.96. The van der Waals surface area contributed by atoms with Gasteiger partial charge in [-0.05, 0) is 86.2 Å². The van der Waals surface area contributed by atoms with Crippen molar-refractivity contribution < 1.29 is 19.0 Å². The molecule has 3 saturated heterocycles. The van der Waals surface area contributed by atoms with E-state index in [0.29, 0.717) is 17.8 Å². The van der Waals surface area contributed by atoms with Crippen LogP contribution in [0.1, 0.15) is 64.5 Å². The lowest BCUT2D eigenvalue weighted by Crippen LogP contribution is -2.55. The minimum absolute atomic E-state index is 0.00778. The van der Waals surface area contributed by atoms with Crippen LogP contribution in [0.2, 0.25) is 0 Å². The van der Waals surface area contributed by atoms with Crippen molar-refractivity contribution in [3.63, 3.8) is 0 Å². The van der Waals surface area contributed by atoms with Gasteiger partial charge in [-0.2, -0.15) is 0 Å². The highest BCUT2D eigenvalue weighted by Gasteiger charge is 2.61. The quantitative estimate of drug-likeness (QED) is 0.318. The molecule has 38 heavy (non-hydrogen) atoms. The normalized spacial score (nSPS) is 35.8. The number of aromatic nitrogens is 1. The number of hydrogen-bond donors (Lipinski definition) is 0. The van der Waals surface area contributed by atoms with Crippen molar-refractivity contribution >= 4 is 16.9 Å². The molecular weight excluding hydrogens is 476 g/mol. The van der Waals surface area contributed by atoms with E-state index in [1.807, 2.05) is 30.5 Å². The first-order valence-corrected chi connectivity index (χ1v) is 14.3. The summed E-state index contributed by atoms with van der Waals surface area (Å²) in [5, 5.41) is 1.01. The summed E-state index contributed by atoms with van der Waals surface area (Å²) in [7, 11) is 1.68. The zero-order valence-electron chi connectivity index (χ0n) is 23.3. The zero-order chi connectivity index (χ0) is 26.7. The minimum Gasteiger partial charge on any atom is -0.497 e. The van der Waals surface area contributed by atoms with Crippen LogP contribution in [0.3, 0.4) is 0 Å². The molecule has 4 heterocycles. The fraction of sp³-hybridized carbons (Fsp3) is 0.625. The molecule has 6 nitrogen and oxygen atoms in total. The number of carbonyl (C=O) groups excluding carboxylic acids is 1. The van der Waals surface area contributed by atoms with E-state index in [2.05, 4.69) is 43.3 Å². The number of nitrogens with zero attached hydrogens (tertiary/aromatic N) is 2. The second kappa shape index (κ2) is 9.63. The van der Waals surface area contributed by atoms with Crippen molar-refractivity contribution in [2.45, 2.75) is 71.1 Å². The van der Waals surface area contributed by atoms with E-state index in [0.717, 1.165) is 54.6 Å². The summed E-state index contributed by atoms with van der Waals surface area (Å²) in [5.41, 5.74) is 2.04. The Bertz CT molecular complexity index is 1220. The molecule has 5 fully saturated rings. The summed E-state index contributed by atoms with van der Waals surface area (Å²) in [4.78, 5) is 20.5. The molecule has 0 amide bonds. The Morgan fingerprint density at radius 2 is 2.11 bits per heavy atom. The molecule has 1 aromatic carbocycles. The lowest BCUT2D eigenvalue weighted by molar-refractivity contribution is -0.174. The molecule has 0 radical (unpaired) electrons. The average Bonchev–Trinajstić information content (AvgIpc) is 3.42. The fourth-order valence-electron chi connectivity index (χ4n) is 8.50. The van der Waals surface area contributed by atoms with Crippen LogP contribution in [-0.4, -0.2) is 54.8 Å². The van der Waals surface area contributed by atoms with Crippen LogP contribution in [0, 0.1) is 28.6 Å². The van der Waals surface area contributed by atoms with Crippen molar-refractivity contribution in [3.05, 3.63) is 48.7 Å². The second-order valence-electron chi connectivity index (χ2n) is 13.0. The number of hydrogen-bond acceptors (Lipinski definition) is 6. The van der Waals surface area contributed by atoms with Crippen LogP contribution in [-0.2, 0) is 14.3 Å². The standard InChI is InChI=1S/C32H42N2O4/c1-6-20-18-34-14-11-21(20)15-27(34)29(24-10-13-33-26-8-7-23(36-5)16-25(24)26)37-19-28(35)38-30-31(2,3)22-9-12-32(30,4)17-22/h6-8,10,13,16,20-22,27,29-30H,1,9,11-12,14-15,17-19H2,2-5H3/t20-,21?,22+,27-,29+,30-,32-/m1/s1. The Labute approximate surface area is 226 Å². The number of fused-ring (bicyclic) bond motifs is 6. The van der Waals surface area contributed by atoms with Crippen LogP contribution < -0.4 is 4.74 Å². The Hall–Kier alpha value is -2.44. The molecule has 2 unspecified atom stereocenters. The molecule has 0 spiro atoms. The predicted molar refractivity (Wildman–Crippen MR) is 148 cm³/mol. The van der Waals surface area contributed by atoms with Gasteiger partial charge in [0.1, 0.15) is 18.5 Å². The molecule has 8 atom stereocenters. The summed E-state index contributed by atoms with van der Waals surface area (Å²) >= 11 is 0. The molecule has 2 saturated carbocycles. The van der Waals surface area contributed by atoms with Crippen LogP contribution in [0.15, 0.2) is 43.1 Å². The van der Waals surface area contributed by atoms with E-state index in [1.54, 1.807) is 7.11 Å². The number of rotatable bonds is 8. The summed E-state index contributed by atoms with van der Waals surface area (Å²) in [6.45, 7) is 12.9. The van der Waals surface area contributed by atoms with Gasteiger partial charge in [-0.1, -0.05) is 26.8 Å². The van der Waals surface area contributed by atoms with Crippen molar-refractivity contribution in [2.24, 2.45) is 28.6 Å². The van der Waals surface area contributed by atoms with Crippen molar-refractivity contribution in [1.29, 1.82) is 0 Å². The second-order valence-corrected chi connectivity index (χ2v) is 13.0. The summed E-state index contributed by atoms with van der Waals surface area (Å²) in [5.74, 6) is 2.27. The highest BCUT2D eigenvalue weighted by molar-refractivity contribution is 5.84. The monoisotopic (exact) mass is 518 g/mol. The van der Waals surface area contributed by atoms with Gasteiger partial charge < -0.3 is 14.2 Å². The average molecular weight is 519 g/mol. The van der Waals surface area contributed by atoms with Gasteiger partial charge in [-0.3, -0.25) is 9.88 Å². The molecule has 6 heteroatoms. The fourth-order valence-corrected chi connectivity index (χ4v) is 8.50. The lowest BCUT2D eigenvalue weighted by Gasteiger charge is -2.51. The van der Waals surface area contributed by atoms with E-state index in [9.17, 15) is 4.79 Å². The Morgan fingerprint density at radius 3 is 2.79 bits per heavy atom. The van der Waals surface area contributed by atoms with Gasteiger partial charge in [0.15, 0.2) is 0 Å². The summed E-state index contributed by atoms with van der Waals surface area (Å²) in [6, 6.07) is 8.19. The zero-order valence-corrected chi connectivity index (χ0v) is 23.3. The van der Waals surface area contributed by atoms with Gasteiger partial charge in [0.25, 0.3) is 0 Å². The van der Waals surface area contributed by atoms with E-state index < -0.39 is 0 Å². The molecule has 2 aromatic rings. The molecule has 1 aromatic heterocycles. The van der Waals surface area contributed by atoms with Gasteiger partial charge >= 0.3 is 5.97 Å². The lowest BCUT2D eigenvalue weighted by atomic mass is 9.70. The molecule has 3 aliphatic heterocycles. The SMILES string of the molecule is C=C[C@@H]1CN2CCC1C[C@@H]2[C@@H](OCC(=O)O[C@@H]1C(C)(C)[C@H]2CC[C@]1(C)C2)c1ccnc2ccc(OC)cc12. The van der Waals surface area contributed by atoms with Gasteiger partial charge in [-0.15, -0.1) is 6.58 Å². The number of piperidine rings is 3. The highest BCUT2D eigenvalue weighted by atomic mass is 16.6. The number of esters is 1. The molecule has 2 aliphatic carbocycles. The van der Waals surface area contributed by atoms with Gasteiger partial charge in [0.05, 0.1) is 18.7 Å². The van der Waals surface area contributed by atoms with Gasteiger partial charge in [0, 0.05) is 35.0 Å². The molecule has 204 valence electrons. The maximum absolute atomic E-state index is 13.3. The number of pyridine rings is 1. The molecular formula is C32H42N2O4. The van der Waals surface area contributed by atoms with Crippen molar-refractivity contribution in [2.75, 3.05) is 26.8 Å². The van der Waals surface area contributed by atoms with Crippen LogP contribution >= 0.6 is 0 Å². The Kier molecular flexibility index (Phi) is 6.55. The van der Waals surface area contributed by atoms with Gasteiger partial charge in [0.2, 0.25) is 0 Å². The third kappa shape index (κ3) is 4.24. The van der Waals surface area contributed by atoms with Gasteiger partial charge in [-0.25, -0.2) is 4.79 Å². The van der Waals surface area contributed by atoms with Crippen LogP contribution in [0.4, 0.5) is 0 Å². The third-order valence-electron chi connectivity index (χ3n) is 10.6. The largest absolute Gasteiger partial charge is 0.497 e. The molecule has 0 N–H and O–H groups in total.